The SMILES string of the molecule is CCCCCC(C)(C)CNc1ccc(N)cc1C. The molecule has 0 unspecified atom stereocenters. The summed E-state index contributed by atoms with van der Waals surface area (Å²) in [5, 5.41) is 3.55. The van der Waals surface area contributed by atoms with Crippen LogP contribution in [0.3, 0.4) is 0 Å². The number of aryl methyl sites for hydroxylation is 1. The molecule has 2 heteroatoms. The van der Waals surface area contributed by atoms with Gasteiger partial charge in [-0.3, -0.25) is 0 Å². The predicted octanol–water partition coefficient (Wildman–Crippen LogP) is 4.60. The van der Waals surface area contributed by atoms with Gasteiger partial charge >= 0.3 is 0 Å². The summed E-state index contributed by atoms with van der Waals surface area (Å²) in [6.45, 7) is 10.0. The molecular formula is C16H28N2. The van der Waals surface area contributed by atoms with E-state index in [4.69, 9.17) is 5.73 Å². The number of benzene rings is 1. The van der Waals surface area contributed by atoms with E-state index in [1.165, 1.54) is 36.9 Å². The molecule has 0 aliphatic carbocycles. The van der Waals surface area contributed by atoms with E-state index in [-0.39, 0.29) is 0 Å². The number of hydrogen-bond acceptors (Lipinski definition) is 2. The zero-order valence-corrected chi connectivity index (χ0v) is 12.3. The van der Waals surface area contributed by atoms with Crippen molar-refractivity contribution >= 4 is 11.4 Å². The monoisotopic (exact) mass is 248 g/mol. The van der Waals surface area contributed by atoms with Crippen LogP contribution < -0.4 is 11.1 Å². The van der Waals surface area contributed by atoms with Crippen LogP contribution in [0.1, 0.15) is 52.0 Å². The van der Waals surface area contributed by atoms with E-state index in [0.29, 0.717) is 5.41 Å². The summed E-state index contributed by atoms with van der Waals surface area (Å²) in [4.78, 5) is 0. The average molecular weight is 248 g/mol. The first-order chi connectivity index (χ1) is 8.44. The molecule has 0 fully saturated rings. The number of nitrogens with one attached hydrogen (secondary N) is 1. The van der Waals surface area contributed by atoms with Crippen molar-refractivity contribution < 1.29 is 0 Å². The van der Waals surface area contributed by atoms with Crippen LogP contribution in [-0.2, 0) is 0 Å². The molecule has 0 radical (unpaired) electrons. The van der Waals surface area contributed by atoms with Crippen molar-refractivity contribution in [2.75, 3.05) is 17.6 Å². The summed E-state index contributed by atoms with van der Waals surface area (Å²) in [6, 6.07) is 6.05. The van der Waals surface area contributed by atoms with Crippen LogP contribution in [0.15, 0.2) is 18.2 Å². The molecule has 102 valence electrons. The van der Waals surface area contributed by atoms with Gasteiger partial charge in [0.1, 0.15) is 0 Å². The predicted molar refractivity (Wildman–Crippen MR) is 82.0 cm³/mol. The highest BCUT2D eigenvalue weighted by atomic mass is 14.9. The van der Waals surface area contributed by atoms with Gasteiger partial charge in [0, 0.05) is 17.9 Å². The third-order valence-corrected chi connectivity index (χ3v) is 3.46. The Morgan fingerprint density at radius 3 is 2.56 bits per heavy atom. The first-order valence-corrected chi connectivity index (χ1v) is 7.04. The molecule has 0 heterocycles. The highest BCUT2D eigenvalue weighted by Gasteiger charge is 2.17. The molecule has 0 saturated carbocycles. The van der Waals surface area contributed by atoms with Crippen molar-refractivity contribution in [2.24, 2.45) is 5.41 Å². The molecule has 2 nitrogen and oxygen atoms in total. The molecular weight excluding hydrogens is 220 g/mol. The molecule has 0 bridgehead atoms. The molecule has 0 amide bonds. The Bertz CT molecular complexity index is 369. The second-order valence-corrected chi connectivity index (χ2v) is 6.05. The molecule has 3 N–H and O–H groups in total. The highest BCUT2D eigenvalue weighted by Crippen LogP contribution is 2.25. The Morgan fingerprint density at radius 1 is 1.22 bits per heavy atom. The minimum atomic E-state index is 0.350. The van der Waals surface area contributed by atoms with Crippen LogP contribution in [-0.4, -0.2) is 6.54 Å². The summed E-state index contributed by atoms with van der Waals surface area (Å²) in [5.41, 5.74) is 9.37. The third-order valence-electron chi connectivity index (χ3n) is 3.46. The topological polar surface area (TPSA) is 38.0 Å². The summed E-state index contributed by atoms with van der Waals surface area (Å²) >= 11 is 0. The van der Waals surface area contributed by atoms with Crippen molar-refractivity contribution in [3.05, 3.63) is 23.8 Å². The summed E-state index contributed by atoms with van der Waals surface area (Å²) in [5.74, 6) is 0. The van der Waals surface area contributed by atoms with Crippen LogP contribution in [0.25, 0.3) is 0 Å². The van der Waals surface area contributed by atoms with Gasteiger partial charge in [-0.05, 0) is 42.5 Å². The van der Waals surface area contributed by atoms with Gasteiger partial charge in [0.2, 0.25) is 0 Å². The quantitative estimate of drug-likeness (QED) is 0.547. The highest BCUT2D eigenvalue weighted by molar-refractivity contribution is 5.57. The second-order valence-electron chi connectivity index (χ2n) is 6.05. The van der Waals surface area contributed by atoms with E-state index < -0.39 is 0 Å². The molecule has 1 rings (SSSR count). The van der Waals surface area contributed by atoms with E-state index in [0.717, 1.165) is 12.2 Å². The van der Waals surface area contributed by atoms with Crippen LogP contribution in [0.4, 0.5) is 11.4 Å². The fraction of sp³-hybridized carbons (Fsp3) is 0.625. The van der Waals surface area contributed by atoms with E-state index >= 15 is 0 Å². The largest absolute Gasteiger partial charge is 0.399 e. The van der Waals surface area contributed by atoms with Crippen LogP contribution in [0.2, 0.25) is 0 Å². The fourth-order valence-corrected chi connectivity index (χ4v) is 2.16. The van der Waals surface area contributed by atoms with Gasteiger partial charge < -0.3 is 11.1 Å². The number of hydrogen-bond donors (Lipinski definition) is 2. The van der Waals surface area contributed by atoms with Crippen molar-refractivity contribution in [3.63, 3.8) is 0 Å². The first kappa shape index (κ1) is 14.9. The van der Waals surface area contributed by atoms with Crippen molar-refractivity contribution in [2.45, 2.75) is 53.4 Å². The van der Waals surface area contributed by atoms with Crippen LogP contribution in [0.5, 0.6) is 0 Å². The van der Waals surface area contributed by atoms with E-state index in [1.807, 2.05) is 12.1 Å². The van der Waals surface area contributed by atoms with Crippen molar-refractivity contribution in [3.8, 4) is 0 Å². The van der Waals surface area contributed by atoms with E-state index in [9.17, 15) is 0 Å². The normalized spacial score (nSPS) is 11.6. The van der Waals surface area contributed by atoms with Gasteiger partial charge in [0.15, 0.2) is 0 Å². The Balaban J connectivity index is 2.48. The van der Waals surface area contributed by atoms with Crippen molar-refractivity contribution in [1.82, 2.24) is 0 Å². The van der Waals surface area contributed by atoms with Crippen molar-refractivity contribution in [1.29, 1.82) is 0 Å². The minimum Gasteiger partial charge on any atom is -0.399 e. The summed E-state index contributed by atoms with van der Waals surface area (Å²) < 4.78 is 0. The average Bonchev–Trinajstić information content (AvgIpc) is 2.28. The van der Waals surface area contributed by atoms with Gasteiger partial charge in [-0.15, -0.1) is 0 Å². The van der Waals surface area contributed by atoms with E-state index in [1.54, 1.807) is 0 Å². The lowest BCUT2D eigenvalue weighted by atomic mass is 9.86. The fourth-order valence-electron chi connectivity index (χ4n) is 2.16. The minimum absolute atomic E-state index is 0.350. The Hall–Kier alpha value is -1.18. The number of nitrogen functional groups attached to an aromatic ring is 1. The lowest BCUT2D eigenvalue weighted by Crippen LogP contribution is -2.23. The zero-order chi connectivity index (χ0) is 13.6. The van der Waals surface area contributed by atoms with E-state index in [2.05, 4.69) is 39.1 Å². The van der Waals surface area contributed by atoms with Gasteiger partial charge in [-0.1, -0.05) is 40.0 Å². The maximum Gasteiger partial charge on any atom is 0.0371 e. The summed E-state index contributed by atoms with van der Waals surface area (Å²) in [6.07, 6.45) is 5.23. The number of nitrogens with two attached hydrogens (primary N) is 1. The Labute approximate surface area is 112 Å². The lowest BCUT2D eigenvalue weighted by molar-refractivity contribution is 0.342. The molecule has 0 atom stereocenters. The second kappa shape index (κ2) is 6.67. The smallest absolute Gasteiger partial charge is 0.0371 e. The standard InChI is InChI=1S/C16H28N2/c1-5-6-7-10-16(3,4)12-18-15-9-8-14(17)11-13(15)2/h8-9,11,18H,5-7,10,12,17H2,1-4H3. The maximum atomic E-state index is 5.76. The molecule has 0 aromatic heterocycles. The maximum absolute atomic E-state index is 5.76. The molecule has 1 aromatic carbocycles. The third kappa shape index (κ3) is 4.99. The van der Waals surface area contributed by atoms with Crippen LogP contribution in [0, 0.1) is 12.3 Å². The zero-order valence-electron chi connectivity index (χ0n) is 12.3. The van der Waals surface area contributed by atoms with Gasteiger partial charge in [0.05, 0.1) is 0 Å². The number of anilines is 2. The molecule has 0 aliphatic heterocycles. The molecule has 1 aromatic rings. The lowest BCUT2D eigenvalue weighted by Gasteiger charge is -2.26. The molecule has 0 aliphatic rings. The Kier molecular flexibility index (Phi) is 5.52. The van der Waals surface area contributed by atoms with Gasteiger partial charge in [-0.25, -0.2) is 0 Å². The molecule has 0 saturated heterocycles. The first-order valence-electron chi connectivity index (χ1n) is 7.04. The molecule has 18 heavy (non-hydrogen) atoms. The van der Waals surface area contributed by atoms with Gasteiger partial charge in [-0.2, -0.15) is 0 Å². The van der Waals surface area contributed by atoms with Crippen LogP contribution >= 0.6 is 0 Å². The molecule has 0 spiro atoms. The Morgan fingerprint density at radius 2 is 1.94 bits per heavy atom. The number of rotatable bonds is 7. The number of unbranched alkanes of at least 4 members (excludes halogenated alkanes) is 2. The summed E-state index contributed by atoms with van der Waals surface area (Å²) in [7, 11) is 0. The van der Waals surface area contributed by atoms with Gasteiger partial charge in [0.25, 0.3) is 0 Å².